The van der Waals surface area contributed by atoms with Crippen molar-refractivity contribution in [1.29, 1.82) is 0 Å². The van der Waals surface area contributed by atoms with Crippen LogP contribution >= 0.6 is 0 Å². The van der Waals surface area contributed by atoms with E-state index in [9.17, 15) is 5.11 Å². The van der Waals surface area contributed by atoms with E-state index < -0.39 is 0 Å². The molecule has 92 valence electrons. The fourth-order valence-electron chi connectivity index (χ4n) is 5.92. The summed E-state index contributed by atoms with van der Waals surface area (Å²) in [6, 6.07) is 0. The highest BCUT2D eigenvalue weighted by atomic mass is 16.3. The fourth-order valence-corrected chi connectivity index (χ4v) is 5.92. The van der Waals surface area contributed by atoms with Crippen LogP contribution in [0, 0.1) is 34.5 Å². The van der Waals surface area contributed by atoms with Gasteiger partial charge in [0, 0.05) is 6.61 Å². The molecule has 16 heavy (non-hydrogen) atoms. The Morgan fingerprint density at radius 3 is 2.56 bits per heavy atom. The van der Waals surface area contributed by atoms with Gasteiger partial charge in [-0.05, 0) is 60.2 Å². The molecule has 5 atom stereocenters. The van der Waals surface area contributed by atoms with Crippen LogP contribution in [0.3, 0.4) is 0 Å². The molecule has 1 nitrogen and oxygen atoms in total. The number of aliphatic hydroxyl groups is 1. The monoisotopic (exact) mass is 222 g/mol. The normalized spacial score (nSPS) is 54.0. The molecule has 0 aromatic rings. The summed E-state index contributed by atoms with van der Waals surface area (Å²) < 4.78 is 0. The molecule has 0 aromatic heterocycles. The van der Waals surface area contributed by atoms with Gasteiger partial charge in [0.2, 0.25) is 0 Å². The third kappa shape index (κ3) is 1.16. The molecule has 3 rings (SSSR count). The third-order valence-electron chi connectivity index (χ3n) is 6.55. The molecule has 3 saturated carbocycles. The van der Waals surface area contributed by atoms with Gasteiger partial charge in [-0.25, -0.2) is 0 Å². The van der Waals surface area contributed by atoms with Gasteiger partial charge in [0.1, 0.15) is 0 Å². The molecule has 1 N–H and O–H groups in total. The van der Waals surface area contributed by atoms with Gasteiger partial charge in [0.15, 0.2) is 0 Å². The minimum Gasteiger partial charge on any atom is -0.396 e. The molecule has 3 aliphatic rings. The summed E-state index contributed by atoms with van der Waals surface area (Å²) in [5, 5.41) is 9.76. The Labute approximate surface area is 99.6 Å². The number of rotatable bonds is 1. The molecule has 3 unspecified atom stereocenters. The Bertz CT molecular complexity index is 296. The van der Waals surface area contributed by atoms with Crippen molar-refractivity contribution in [3.63, 3.8) is 0 Å². The molecular formula is C15H26O. The topological polar surface area (TPSA) is 20.2 Å². The smallest absolute Gasteiger partial charge is 0.0467 e. The first kappa shape index (κ1) is 11.1. The molecule has 0 radical (unpaired) electrons. The van der Waals surface area contributed by atoms with Crippen molar-refractivity contribution in [2.45, 2.75) is 52.9 Å². The molecule has 0 amide bonds. The Kier molecular flexibility index (Phi) is 2.25. The summed E-state index contributed by atoms with van der Waals surface area (Å²) in [4.78, 5) is 0. The van der Waals surface area contributed by atoms with Crippen LogP contribution in [0.2, 0.25) is 0 Å². The maximum atomic E-state index is 9.76. The van der Waals surface area contributed by atoms with Gasteiger partial charge in [-0.2, -0.15) is 0 Å². The molecule has 0 heterocycles. The lowest BCUT2D eigenvalue weighted by Gasteiger charge is -2.40. The van der Waals surface area contributed by atoms with Gasteiger partial charge < -0.3 is 5.11 Å². The summed E-state index contributed by atoms with van der Waals surface area (Å²) in [6.45, 7) is 7.87. The van der Waals surface area contributed by atoms with E-state index in [1.807, 2.05) is 0 Å². The van der Waals surface area contributed by atoms with Crippen LogP contribution in [0.4, 0.5) is 0 Å². The Hall–Kier alpha value is -0.0400. The van der Waals surface area contributed by atoms with Gasteiger partial charge in [0.25, 0.3) is 0 Å². The van der Waals surface area contributed by atoms with Crippen LogP contribution in [0.1, 0.15) is 52.9 Å². The van der Waals surface area contributed by atoms with Crippen LogP contribution in [0.25, 0.3) is 0 Å². The van der Waals surface area contributed by atoms with Gasteiger partial charge in [-0.15, -0.1) is 0 Å². The van der Waals surface area contributed by atoms with Crippen LogP contribution < -0.4 is 0 Å². The first-order valence-electron chi connectivity index (χ1n) is 7.11. The van der Waals surface area contributed by atoms with Gasteiger partial charge in [0.05, 0.1) is 0 Å². The van der Waals surface area contributed by atoms with Crippen molar-refractivity contribution < 1.29 is 5.11 Å². The van der Waals surface area contributed by atoms with Crippen LogP contribution in [0.15, 0.2) is 0 Å². The van der Waals surface area contributed by atoms with E-state index in [0.717, 1.165) is 17.8 Å². The van der Waals surface area contributed by atoms with Gasteiger partial charge in [-0.3, -0.25) is 0 Å². The Morgan fingerprint density at radius 1 is 1.12 bits per heavy atom. The maximum absolute atomic E-state index is 9.76. The van der Waals surface area contributed by atoms with Gasteiger partial charge in [-0.1, -0.05) is 27.2 Å². The minimum atomic E-state index is 0.435. The van der Waals surface area contributed by atoms with E-state index in [-0.39, 0.29) is 0 Å². The molecule has 0 aliphatic heterocycles. The zero-order valence-electron chi connectivity index (χ0n) is 11.0. The van der Waals surface area contributed by atoms with Crippen molar-refractivity contribution in [2.24, 2.45) is 34.5 Å². The highest BCUT2D eigenvalue weighted by Gasteiger charge is 2.64. The number of hydrogen-bond donors (Lipinski definition) is 1. The summed E-state index contributed by atoms with van der Waals surface area (Å²) in [7, 11) is 0. The molecule has 0 aromatic carbocycles. The Morgan fingerprint density at radius 2 is 1.88 bits per heavy atom. The average Bonchev–Trinajstić information content (AvgIpc) is 2.68. The second kappa shape index (κ2) is 3.25. The van der Waals surface area contributed by atoms with Crippen LogP contribution in [0.5, 0.6) is 0 Å². The Balaban J connectivity index is 2.04. The predicted octanol–water partition coefficient (Wildman–Crippen LogP) is 3.47. The summed E-state index contributed by atoms with van der Waals surface area (Å²) in [5.74, 6) is 3.25. The van der Waals surface area contributed by atoms with E-state index in [1.165, 1.54) is 32.1 Å². The lowest BCUT2D eigenvalue weighted by molar-refractivity contribution is 0.0374. The highest BCUT2D eigenvalue weighted by molar-refractivity contribution is 5.12. The molecule has 1 heteroatoms. The maximum Gasteiger partial charge on any atom is 0.0467 e. The van der Waals surface area contributed by atoms with E-state index in [4.69, 9.17) is 0 Å². The van der Waals surface area contributed by atoms with E-state index in [2.05, 4.69) is 20.8 Å². The lowest BCUT2D eigenvalue weighted by Crippen LogP contribution is -2.35. The summed E-state index contributed by atoms with van der Waals surface area (Å²) in [6.07, 6.45) is 6.96. The quantitative estimate of drug-likeness (QED) is 0.720. The fraction of sp³-hybridized carbons (Fsp3) is 1.00. The molecule has 0 saturated heterocycles. The van der Waals surface area contributed by atoms with Gasteiger partial charge >= 0.3 is 0 Å². The van der Waals surface area contributed by atoms with Crippen molar-refractivity contribution in [3.05, 3.63) is 0 Å². The highest BCUT2D eigenvalue weighted by Crippen LogP contribution is 2.70. The van der Waals surface area contributed by atoms with E-state index >= 15 is 0 Å². The molecular weight excluding hydrogens is 196 g/mol. The molecule has 4 bridgehead atoms. The predicted molar refractivity (Wildman–Crippen MR) is 66.0 cm³/mol. The average molecular weight is 222 g/mol. The van der Waals surface area contributed by atoms with Crippen molar-refractivity contribution in [1.82, 2.24) is 0 Å². The SMILES string of the molecule is CC1(C)CCC[C@]2(C)C(CO)C3CCC2[C@@H]31. The van der Waals surface area contributed by atoms with Crippen LogP contribution in [-0.4, -0.2) is 11.7 Å². The summed E-state index contributed by atoms with van der Waals surface area (Å²) in [5.41, 5.74) is 0.990. The zero-order chi connectivity index (χ0) is 11.6. The first-order chi connectivity index (χ1) is 7.50. The third-order valence-corrected chi connectivity index (χ3v) is 6.55. The first-order valence-corrected chi connectivity index (χ1v) is 7.11. The lowest BCUT2D eigenvalue weighted by atomic mass is 9.65. The second-order valence-corrected chi connectivity index (χ2v) is 7.51. The molecule has 3 aliphatic carbocycles. The van der Waals surface area contributed by atoms with E-state index in [0.29, 0.717) is 23.4 Å². The minimum absolute atomic E-state index is 0.435. The van der Waals surface area contributed by atoms with Crippen molar-refractivity contribution in [2.75, 3.05) is 6.61 Å². The second-order valence-electron chi connectivity index (χ2n) is 7.51. The molecule has 0 spiro atoms. The molecule has 3 fully saturated rings. The van der Waals surface area contributed by atoms with E-state index in [1.54, 1.807) is 0 Å². The van der Waals surface area contributed by atoms with Crippen LogP contribution in [-0.2, 0) is 0 Å². The standard InChI is InChI=1S/C15H26O/c1-14(2)7-4-8-15(3)11-6-5-10(13(11)14)12(15)9-16/h10-13,16H,4-9H2,1-3H3/t10?,11?,12?,13-,15+/m1/s1. The number of aliphatic hydroxyl groups excluding tert-OH is 1. The summed E-state index contributed by atoms with van der Waals surface area (Å²) >= 11 is 0. The zero-order valence-corrected chi connectivity index (χ0v) is 11.0. The largest absolute Gasteiger partial charge is 0.396 e. The number of hydrogen-bond acceptors (Lipinski definition) is 1. The van der Waals surface area contributed by atoms with Crippen molar-refractivity contribution >= 4 is 0 Å². The van der Waals surface area contributed by atoms with Crippen molar-refractivity contribution in [3.8, 4) is 0 Å².